The Morgan fingerprint density at radius 2 is 2.05 bits per heavy atom. The normalized spacial score (nSPS) is 22.6. The molecule has 1 N–H and O–H groups in total. The minimum absolute atomic E-state index is 0.0506. The van der Waals surface area contributed by atoms with Crippen LogP contribution in [0.3, 0.4) is 0 Å². The number of hydrogen-bond donors (Lipinski definition) is 1. The Balaban J connectivity index is 2.23. The average molecular weight is 403 g/mol. The van der Waals surface area contributed by atoms with Crippen LogP contribution >= 0.6 is 27.5 Å². The first-order chi connectivity index (χ1) is 9.20. The lowest BCUT2D eigenvalue weighted by Crippen LogP contribution is -2.43. The van der Waals surface area contributed by atoms with E-state index in [4.69, 9.17) is 11.6 Å². The van der Waals surface area contributed by atoms with Crippen molar-refractivity contribution < 1.29 is 16.8 Å². The highest BCUT2D eigenvalue weighted by atomic mass is 79.9. The molecule has 1 heterocycles. The Morgan fingerprint density at radius 1 is 1.35 bits per heavy atom. The largest absolute Gasteiger partial charge is 0.242 e. The van der Waals surface area contributed by atoms with E-state index in [-0.39, 0.29) is 21.4 Å². The van der Waals surface area contributed by atoms with Gasteiger partial charge < -0.3 is 0 Å². The molecule has 1 fully saturated rings. The minimum Gasteiger partial charge on any atom is -0.229 e. The summed E-state index contributed by atoms with van der Waals surface area (Å²) in [6.07, 6.45) is 0.968. The van der Waals surface area contributed by atoms with Gasteiger partial charge in [0.05, 0.1) is 16.5 Å². The zero-order valence-electron chi connectivity index (χ0n) is 10.3. The highest BCUT2D eigenvalue weighted by Crippen LogP contribution is 2.26. The molecular formula is C11H13BrClNO4S2. The molecule has 1 aliphatic rings. The first kappa shape index (κ1) is 16.2. The summed E-state index contributed by atoms with van der Waals surface area (Å²) in [5.74, 6) is -0.0509. The molecule has 0 aromatic heterocycles. The molecule has 1 saturated heterocycles. The summed E-state index contributed by atoms with van der Waals surface area (Å²) in [5.41, 5.74) is 0. The van der Waals surface area contributed by atoms with Gasteiger partial charge in [-0.3, -0.25) is 0 Å². The van der Waals surface area contributed by atoms with Crippen molar-refractivity contribution in [1.82, 2.24) is 4.72 Å². The molecule has 1 aromatic carbocycles. The summed E-state index contributed by atoms with van der Waals surface area (Å²) in [4.78, 5) is -0.0506. The molecule has 2 rings (SSSR count). The van der Waals surface area contributed by atoms with Crippen LogP contribution in [0.4, 0.5) is 0 Å². The van der Waals surface area contributed by atoms with E-state index in [2.05, 4.69) is 20.7 Å². The van der Waals surface area contributed by atoms with Crippen molar-refractivity contribution in [3.63, 3.8) is 0 Å². The third-order valence-corrected chi connectivity index (χ3v) is 7.29. The van der Waals surface area contributed by atoms with Gasteiger partial charge in [-0.2, -0.15) is 0 Å². The third-order valence-electron chi connectivity index (χ3n) is 2.97. The van der Waals surface area contributed by atoms with Gasteiger partial charge in [0.25, 0.3) is 0 Å². The molecule has 0 saturated carbocycles. The van der Waals surface area contributed by atoms with Crippen molar-refractivity contribution in [3.8, 4) is 0 Å². The van der Waals surface area contributed by atoms with Crippen LogP contribution in [0.2, 0.25) is 5.02 Å². The smallest absolute Gasteiger partial charge is 0.229 e. The van der Waals surface area contributed by atoms with E-state index in [1.165, 1.54) is 12.1 Å². The minimum atomic E-state index is -3.82. The Hall–Kier alpha value is -0.150. The molecule has 0 amide bonds. The number of benzene rings is 1. The van der Waals surface area contributed by atoms with Crippen LogP contribution in [-0.2, 0) is 19.9 Å². The van der Waals surface area contributed by atoms with Gasteiger partial charge in [0.2, 0.25) is 10.0 Å². The number of sulfonamides is 1. The second-order valence-corrected chi connectivity index (χ2v) is 9.88. The SMILES string of the molecule is O=S1(=O)CCCC(NS(=O)(=O)c2ccc(Br)cc2Cl)C1. The van der Waals surface area contributed by atoms with Crippen LogP contribution in [0.1, 0.15) is 12.8 Å². The Morgan fingerprint density at radius 3 is 2.65 bits per heavy atom. The van der Waals surface area contributed by atoms with Crippen LogP contribution in [0.25, 0.3) is 0 Å². The van der Waals surface area contributed by atoms with Gasteiger partial charge in [0.15, 0.2) is 9.84 Å². The fraction of sp³-hybridized carbons (Fsp3) is 0.455. The summed E-state index contributed by atoms with van der Waals surface area (Å²) >= 11 is 9.12. The van der Waals surface area contributed by atoms with E-state index >= 15 is 0 Å². The van der Waals surface area contributed by atoms with Gasteiger partial charge in [0.1, 0.15) is 4.90 Å². The third kappa shape index (κ3) is 3.94. The summed E-state index contributed by atoms with van der Waals surface area (Å²) in [6.45, 7) is 0. The molecule has 112 valence electrons. The number of sulfone groups is 1. The van der Waals surface area contributed by atoms with Crippen LogP contribution in [0, 0.1) is 0 Å². The van der Waals surface area contributed by atoms with Gasteiger partial charge in [-0.25, -0.2) is 21.6 Å². The van der Waals surface area contributed by atoms with Gasteiger partial charge in [-0.15, -0.1) is 0 Å². The molecule has 0 spiro atoms. The van der Waals surface area contributed by atoms with Crippen LogP contribution < -0.4 is 4.72 Å². The van der Waals surface area contributed by atoms with E-state index in [1.54, 1.807) is 6.07 Å². The first-order valence-corrected chi connectivity index (χ1v) is 10.3. The maximum Gasteiger partial charge on any atom is 0.242 e. The lowest BCUT2D eigenvalue weighted by molar-refractivity contribution is 0.517. The molecule has 9 heteroatoms. The predicted molar refractivity (Wildman–Crippen MR) is 81.1 cm³/mol. The summed E-state index contributed by atoms with van der Waals surface area (Å²) in [6, 6.07) is 3.83. The lowest BCUT2D eigenvalue weighted by atomic mass is 10.2. The fourth-order valence-electron chi connectivity index (χ4n) is 2.09. The van der Waals surface area contributed by atoms with Crippen molar-refractivity contribution in [2.75, 3.05) is 11.5 Å². The van der Waals surface area contributed by atoms with Crippen molar-refractivity contribution in [1.29, 1.82) is 0 Å². The van der Waals surface area contributed by atoms with Crippen LogP contribution in [0.15, 0.2) is 27.6 Å². The Kier molecular flexibility index (Phi) is 4.80. The van der Waals surface area contributed by atoms with Gasteiger partial charge in [-0.05, 0) is 31.0 Å². The van der Waals surface area contributed by atoms with Crippen molar-refractivity contribution in [2.45, 2.75) is 23.8 Å². The second kappa shape index (κ2) is 5.92. The molecule has 1 aromatic rings. The van der Waals surface area contributed by atoms with Crippen molar-refractivity contribution in [3.05, 3.63) is 27.7 Å². The van der Waals surface area contributed by atoms with Gasteiger partial charge in [-0.1, -0.05) is 27.5 Å². The molecule has 0 radical (unpaired) electrons. The fourth-order valence-corrected chi connectivity index (χ4v) is 6.14. The molecule has 5 nitrogen and oxygen atoms in total. The number of hydrogen-bond acceptors (Lipinski definition) is 4. The Labute approximate surface area is 131 Å². The summed E-state index contributed by atoms with van der Waals surface area (Å²) < 4.78 is 50.6. The molecule has 0 aliphatic carbocycles. The predicted octanol–water partition coefficient (Wildman–Crippen LogP) is 1.96. The maximum atomic E-state index is 12.2. The summed E-state index contributed by atoms with van der Waals surface area (Å²) in [5, 5.41) is 0.0885. The van der Waals surface area contributed by atoms with Crippen LogP contribution in [-0.4, -0.2) is 34.4 Å². The molecule has 20 heavy (non-hydrogen) atoms. The van der Waals surface area contributed by atoms with Crippen molar-refractivity contribution in [2.24, 2.45) is 0 Å². The summed E-state index contributed by atoms with van der Waals surface area (Å²) in [7, 11) is -7.00. The molecule has 1 atom stereocenters. The van der Waals surface area contributed by atoms with Crippen LogP contribution in [0.5, 0.6) is 0 Å². The zero-order valence-corrected chi connectivity index (χ0v) is 14.3. The molecule has 1 unspecified atom stereocenters. The van der Waals surface area contributed by atoms with E-state index in [9.17, 15) is 16.8 Å². The monoisotopic (exact) mass is 401 g/mol. The zero-order chi connectivity index (χ0) is 15.0. The molecule has 1 aliphatic heterocycles. The highest BCUT2D eigenvalue weighted by Gasteiger charge is 2.29. The van der Waals surface area contributed by atoms with E-state index in [1.807, 2.05) is 0 Å². The van der Waals surface area contributed by atoms with E-state index in [0.717, 1.165) is 0 Å². The first-order valence-electron chi connectivity index (χ1n) is 5.87. The van der Waals surface area contributed by atoms with E-state index < -0.39 is 25.9 Å². The van der Waals surface area contributed by atoms with Gasteiger partial charge in [0, 0.05) is 10.5 Å². The molecule has 0 bridgehead atoms. The number of nitrogens with one attached hydrogen (secondary N) is 1. The maximum absolute atomic E-state index is 12.2. The van der Waals surface area contributed by atoms with E-state index in [0.29, 0.717) is 17.3 Å². The standard InChI is InChI=1S/C11H13BrClNO4S2/c12-8-3-4-11(10(13)6-8)20(17,18)14-9-2-1-5-19(15,16)7-9/h3-4,6,9,14H,1-2,5,7H2. The molecular weight excluding hydrogens is 390 g/mol. The quantitative estimate of drug-likeness (QED) is 0.838. The topological polar surface area (TPSA) is 80.3 Å². The highest BCUT2D eigenvalue weighted by molar-refractivity contribution is 9.10. The second-order valence-electron chi connectivity index (χ2n) is 4.65. The Bertz CT molecular complexity index is 718. The van der Waals surface area contributed by atoms with Gasteiger partial charge >= 0.3 is 0 Å². The number of halogens is 2. The number of rotatable bonds is 3. The lowest BCUT2D eigenvalue weighted by Gasteiger charge is -2.23. The van der Waals surface area contributed by atoms with Crippen molar-refractivity contribution >= 4 is 47.4 Å². The average Bonchev–Trinajstić information content (AvgIpc) is 2.25.